The average Bonchev–Trinajstić information content (AvgIpc) is 2.75. The number of nitrogen functional groups attached to an aromatic ring is 1. The number of Topliss-reactive ketones (excluding diaryl/α,β-unsaturated/α-hetero) is 1. The SMILES string of the molecule is CC(C)[C@H](NS(=O)(=O)c1ccccc1)C(=O)O[C@H](C)C(=O)c1c(N)n(C)c(=O)n(C)c1=O. The van der Waals surface area contributed by atoms with Crippen molar-refractivity contribution in [2.45, 2.75) is 37.8 Å². The van der Waals surface area contributed by atoms with Gasteiger partial charge in [-0.1, -0.05) is 32.0 Å². The van der Waals surface area contributed by atoms with E-state index in [0.29, 0.717) is 4.57 Å². The summed E-state index contributed by atoms with van der Waals surface area (Å²) in [5.74, 6) is -2.80. The maximum Gasteiger partial charge on any atom is 0.332 e. The van der Waals surface area contributed by atoms with E-state index in [1.807, 2.05) is 0 Å². The zero-order chi connectivity index (χ0) is 24.4. The molecule has 11 nitrogen and oxygen atoms in total. The number of ether oxygens (including phenoxy) is 1. The lowest BCUT2D eigenvalue weighted by atomic mass is 10.1. The topological polar surface area (TPSA) is 160 Å². The number of rotatable bonds is 8. The number of nitrogens with two attached hydrogens (primary N) is 1. The number of aromatic nitrogens is 2. The zero-order valence-electron chi connectivity index (χ0n) is 18.4. The van der Waals surface area contributed by atoms with Crippen LogP contribution in [-0.4, -0.2) is 41.5 Å². The van der Waals surface area contributed by atoms with E-state index in [-0.39, 0.29) is 10.7 Å². The quantitative estimate of drug-likeness (QED) is 0.399. The van der Waals surface area contributed by atoms with Gasteiger partial charge in [-0.2, -0.15) is 4.72 Å². The summed E-state index contributed by atoms with van der Waals surface area (Å²) in [6, 6.07) is 6.17. The van der Waals surface area contributed by atoms with Crippen LogP contribution < -0.4 is 21.7 Å². The minimum Gasteiger partial charge on any atom is -0.453 e. The fraction of sp³-hybridized carbons (Fsp3) is 0.400. The molecule has 32 heavy (non-hydrogen) atoms. The summed E-state index contributed by atoms with van der Waals surface area (Å²) in [5.41, 5.74) is 3.63. The highest BCUT2D eigenvalue weighted by Crippen LogP contribution is 2.15. The van der Waals surface area contributed by atoms with E-state index in [4.69, 9.17) is 10.5 Å². The second kappa shape index (κ2) is 9.49. The highest BCUT2D eigenvalue weighted by atomic mass is 32.2. The van der Waals surface area contributed by atoms with Crippen LogP contribution in [0.25, 0.3) is 0 Å². The van der Waals surface area contributed by atoms with E-state index in [0.717, 1.165) is 4.57 Å². The van der Waals surface area contributed by atoms with Crippen LogP contribution in [0.2, 0.25) is 0 Å². The van der Waals surface area contributed by atoms with Crippen LogP contribution in [-0.2, 0) is 33.7 Å². The van der Waals surface area contributed by atoms with Crippen molar-refractivity contribution in [2.75, 3.05) is 5.73 Å². The van der Waals surface area contributed by atoms with Gasteiger partial charge in [0.2, 0.25) is 15.8 Å². The molecule has 0 unspecified atom stereocenters. The average molecular weight is 467 g/mol. The largest absolute Gasteiger partial charge is 0.453 e. The minimum atomic E-state index is -4.03. The summed E-state index contributed by atoms with van der Waals surface area (Å²) >= 11 is 0. The molecule has 0 fully saturated rings. The number of carbonyl (C=O) groups is 2. The molecule has 0 saturated carbocycles. The molecule has 12 heteroatoms. The Bertz CT molecular complexity index is 1250. The number of hydrogen-bond acceptors (Lipinski definition) is 8. The van der Waals surface area contributed by atoms with E-state index in [1.165, 1.54) is 45.3 Å². The van der Waals surface area contributed by atoms with Gasteiger partial charge in [0.25, 0.3) is 5.56 Å². The van der Waals surface area contributed by atoms with E-state index in [9.17, 15) is 27.6 Å². The van der Waals surface area contributed by atoms with Gasteiger partial charge in [0, 0.05) is 14.1 Å². The third kappa shape index (κ3) is 4.97. The van der Waals surface area contributed by atoms with Crippen LogP contribution in [0.1, 0.15) is 31.1 Å². The van der Waals surface area contributed by atoms with Crippen LogP contribution in [0.3, 0.4) is 0 Å². The van der Waals surface area contributed by atoms with Gasteiger partial charge < -0.3 is 10.5 Å². The molecule has 174 valence electrons. The van der Waals surface area contributed by atoms with Crippen molar-refractivity contribution in [1.29, 1.82) is 0 Å². The monoisotopic (exact) mass is 466 g/mol. The second-order valence-corrected chi connectivity index (χ2v) is 9.28. The molecular weight excluding hydrogens is 440 g/mol. The highest BCUT2D eigenvalue weighted by molar-refractivity contribution is 7.89. The van der Waals surface area contributed by atoms with Gasteiger partial charge in [-0.15, -0.1) is 0 Å². The first-order valence-electron chi connectivity index (χ1n) is 9.67. The number of esters is 1. The molecule has 1 aromatic carbocycles. The molecule has 0 amide bonds. The van der Waals surface area contributed by atoms with Gasteiger partial charge in [0.15, 0.2) is 6.10 Å². The first-order chi connectivity index (χ1) is 14.8. The standard InChI is InChI=1S/C20H26N4O7S/c1-11(2)15(22-32(29,30)13-9-7-6-8-10-13)19(27)31-12(3)16(25)14-17(21)23(4)20(28)24(5)18(14)26/h6-12,15,22H,21H2,1-5H3/t12-,15+/m1/s1. The van der Waals surface area contributed by atoms with Gasteiger partial charge in [-0.3, -0.25) is 23.5 Å². The van der Waals surface area contributed by atoms with E-state index >= 15 is 0 Å². The first-order valence-corrected chi connectivity index (χ1v) is 11.2. The van der Waals surface area contributed by atoms with E-state index in [2.05, 4.69) is 4.72 Å². The Morgan fingerprint density at radius 3 is 2.12 bits per heavy atom. The molecule has 0 aliphatic carbocycles. The summed E-state index contributed by atoms with van der Waals surface area (Å²) in [6.45, 7) is 4.44. The number of sulfonamides is 1. The smallest absolute Gasteiger partial charge is 0.332 e. The summed E-state index contributed by atoms with van der Waals surface area (Å²) in [5, 5.41) is 0. The lowest BCUT2D eigenvalue weighted by Crippen LogP contribution is -2.47. The Hall–Kier alpha value is -3.25. The first kappa shape index (κ1) is 25.0. The highest BCUT2D eigenvalue weighted by Gasteiger charge is 2.33. The number of nitrogens with zero attached hydrogens (tertiary/aromatic N) is 2. The molecule has 2 rings (SSSR count). The summed E-state index contributed by atoms with van der Waals surface area (Å²) in [7, 11) is -1.56. The van der Waals surface area contributed by atoms with Crippen molar-refractivity contribution in [3.63, 3.8) is 0 Å². The number of nitrogens with one attached hydrogen (secondary N) is 1. The van der Waals surface area contributed by atoms with Crippen LogP contribution in [0.15, 0.2) is 44.8 Å². The predicted octanol–water partition coefficient (Wildman–Crippen LogP) is -0.216. The molecule has 2 atom stereocenters. The molecule has 1 heterocycles. The number of hydrogen-bond donors (Lipinski definition) is 2. The molecule has 3 N–H and O–H groups in total. The van der Waals surface area contributed by atoms with Crippen molar-refractivity contribution in [3.8, 4) is 0 Å². The number of carbonyl (C=O) groups excluding carboxylic acids is 2. The maximum atomic E-state index is 12.8. The normalized spacial score (nSPS) is 13.6. The van der Waals surface area contributed by atoms with Gasteiger partial charge in [-0.25, -0.2) is 13.2 Å². The van der Waals surface area contributed by atoms with E-state index < -0.39 is 56.7 Å². The number of ketones is 1. The molecule has 0 aliphatic rings. The lowest BCUT2D eigenvalue weighted by molar-refractivity contribution is -0.149. The molecule has 1 aromatic heterocycles. The third-order valence-electron chi connectivity index (χ3n) is 4.87. The summed E-state index contributed by atoms with van der Waals surface area (Å²) in [4.78, 5) is 49.8. The van der Waals surface area contributed by atoms with Crippen LogP contribution in [0.4, 0.5) is 5.82 Å². The molecule has 2 aromatic rings. The molecular formula is C20H26N4O7S. The molecule has 0 saturated heterocycles. The van der Waals surface area contributed by atoms with E-state index in [1.54, 1.807) is 19.9 Å². The predicted molar refractivity (Wildman–Crippen MR) is 117 cm³/mol. The van der Waals surface area contributed by atoms with Gasteiger partial charge in [0.05, 0.1) is 4.90 Å². The fourth-order valence-corrected chi connectivity index (χ4v) is 4.24. The van der Waals surface area contributed by atoms with Crippen molar-refractivity contribution >= 4 is 27.6 Å². The van der Waals surface area contributed by atoms with Crippen LogP contribution in [0.5, 0.6) is 0 Å². The van der Waals surface area contributed by atoms with Gasteiger partial charge in [-0.05, 0) is 25.0 Å². The Labute approximate surface area is 184 Å². The van der Waals surface area contributed by atoms with Gasteiger partial charge >= 0.3 is 11.7 Å². The third-order valence-corrected chi connectivity index (χ3v) is 6.33. The van der Waals surface area contributed by atoms with Crippen LogP contribution >= 0.6 is 0 Å². The minimum absolute atomic E-state index is 0.0379. The van der Waals surface area contributed by atoms with Crippen molar-refractivity contribution in [2.24, 2.45) is 20.0 Å². The molecule has 0 radical (unpaired) electrons. The Morgan fingerprint density at radius 1 is 1.03 bits per heavy atom. The van der Waals surface area contributed by atoms with Crippen LogP contribution in [0, 0.1) is 5.92 Å². The molecule has 0 aliphatic heterocycles. The second-order valence-electron chi connectivity index (χ2n) is 7.57. The van der Waals surface area contributed by atoms with Crippen molar-refractivity contribution in [3.05, 3.63) is 56.7 Å². The molecule has 0 spiro atoms. The Kier molecular flexibility index (Phi) is 7.42. The van der Waals surface area contributed by atoms with Crippen molar-refractivity contribution < 1.29 is 22.7 Å². The maximum absolute atomic E-state index is 12.8. The summed E-state index contributed by atoms with van der Waals surface area (Å²) in [6.07, 6.45) is -1.46. The number of benzene rings is 1. The molecule has 0 bridgehead atoms. The number of anilines is 1. The lowest BCUT2D eigenvalue weighted by Gasteiger charge is -2.23. The Morgan fingerprint density at radius 2 is 1.59 bits per heavy atom. The Balaban J connectivity index is 2.29. The fourth-order valence-electron chi connectivity index (χ4n) is 2.89. The van der Waals surface area contributed by atoms with Crippen molar-refractivity contribution in [1.82, 2.24) is 13.9 Å². The summed E-state index contributed by atoms with van der Waals surface area (Å²) < 4.78 is 34.3. The van der Waals surface area contributed by atoms with Gasteiger partial charge in [0.1, 0.15) is 17.4 Å². The zero-order valence-corrected chi connectivity index (χ0v) is 19.2.